The maximum Gasteiger partial charge on any atom is 0.337 e. The van der Waals surface area contributed by atoms with Crippen molar-refractivity contribution in [3.8, 4) is 0 Å². The quantitative estimate of drug-likeness (QED) is 0.851. The molecule has 0 radical (unpaired) electrons. The van der Waals surface area contributed by atoms with Gasteiger partial charge in [-0.15, -0.1) is 11.3 Å². The lowest BCUT2D eigenvalue weighted by atomic mass is 10.2. The number of thiophene rings is 1. The highest BCUT2D eigenvalue weighted by Crippen LogP contribution is 2.16. The molecule has 0 spiro atoms. The molecule has 4 nitrogen and oxygen atoms in total. The first-order valence-electron chi connectivity index (χ1n) is 6.16. The second-order valence-corrected chi connectivity index (χ2v) is 5.38. The minimum Gasteiger partial charge on any atom is -0.478 e. The average molecular weight is 276 g/mol. The van der Waals surface area contributed by atoms with Crippen molar-refractivity contribution in [1.82, 2.24) is 10.3 Å². The molecule has 0 aliphatic carbocycles. The van der Waals surface area contributed by atoms with Crippen LogP contribution < -0.4 is 5.32 Å². The molecule has 0 aromatic carbocycles. The fourth-order valence-corrected chi connectivity index (χ4v) is 2.71. The Morgan fingerprint density at radius 1 is 1.32 bits per heavy atom. The summed E-state index contributed by atoms with van der Waals surface area (Å²) >= 11 is 1.78. The molecule has 5 heteroatoms. The van der Waals surface area contributed by atoms with Crippen LogP contribution >= 0.6 is 11.3 Å². The first kappa shape index (κ1) is 13.7. The Balaban J connectivity index is 1.94. The second kappa shape index (κ2) is 6.45. The summed E-state index contributed by atoms with van der Waals surface area (Å²) in [5.74, 6) is -0.936. The van der Waals surface area contributed by atoms with Crippen LogP contribution in [0.5, 0.6) is 0 Å². The fourth-order valence-electron chi connectivity index (χ4n) is 1.79. The average Bonchev–Trinajstić information content (AvgIpc) is 2.87. The largest absolute Gasteiger partial charge is 0.478 e. The topological polar surface area (TPSA) is 62.2 Å². The third-order valence-electron chi connectivity index (χ3n) is 2.78. The van der Waals surface area contributed by atoms with Gasteiger partial charge >= 0.3 is 5.97 Å². The van der Waals surface area contributed by atoms with E-state index in [9.17, 15) is 4.79 Å². The Hall–Kier alpha value is -1.72. The van der Waals surface area contributed by atoms with Crippen molar-refractivity contribution in [1.29, 1.82) is 0 Å². The number of hydrogen-bond acceptors (Lipinski definition) is 4. The third kappa shape index (κ3) is 3.62. The predicted molar refractivity (Wildman–Crippen MR) is 75.4 cm³/mol. The monoisotopic (exact) mass is 276 g/mol. The standard InChI is InChI=1S/C14H16N2O2S/c1-2-10-5-6-11(19-10)8-15-9-13-12(14(17)18)4-3-7-16-13/h3-7,15H,2,8-9H2,1H3,(H,17,18). The summed E-state index contributed by atoms with van der Waals surface area (Å²) in [4.78, 5) is 17.8. The number of aryl methyl sites for hydroxylation is 1. The summed E-state index contributed by atoms with van der Waals surface area (Å²) in [6.45, 7) is 3.33. The Morgan fingerprint density at radius 2 is 2.11 bits per heavy atom. The van der Waals surface area contributed by atoms with E-state index in [0.717, 1.165) is 13.0 Å². The van der Waals surface area contributed by atoms with Gasteiger partial charge in [0.25, 0.3) is 0 Å². The van der Waals surface area contributed by atoms with Gasteiger partial charge in [0.05, 0.1) is 11.3 Å². The van der Waals surface area contributed by atoms with Gasteiger partial charge < -0.3 is 10.4 Å². The van der Waals surface area contributed by atoms with E-state index in [0.29, 0.717) is 12.2 Å². The number of aromatic carboxylic acids is 1. The van der Waals surface area contributed by atoms with Gasteiger partial charge in [-0.3, -0.25) is 4.98 Å². The van der Waals surface area contributed by atoms with Crippen LogP contribution in [0.15, 0.2) is 30.5 Å². The van der Waals surface area contributed by atoms with Gasteiger partial charge in [-0.2, -0.15) is 0 Å². The fraction of sp³-hybridized carbons (Fsp3) is 0.286. The molecule has 0 atom stereocenters. The Bertz CT molecular complexity index is 566. The minimum atomic E-state index is -0.936. The normalized spacial score (nSPS) is 10.6. The predicted octanol–water partition coefficient (Wildman–Crippen LogP) is 2.69. The van der Waals surface area contributed by atoms with Gasteiger partial charge in [-0.05, 0) is 30.7 Å². The highest BCUT2D eigenvalue weighted by molar-refractivity contribution is 7.11. The molecule has 0 fully saturated rings. The molecule has 0 saturated carbocycles. The molecule has 0 saturated heterocycles. The van der Waals surface area contributed by atoms with Gasteiger partial charge in [0.1, 0.15) is 0 Å². The van der Waals surface area contributed by atoms with Gasteiger partial charge in [0, 0.05) is 29.0 Å². The summed E-state index contributed by atoms with van der Waals surface area (Å²) in [6, 6.07) is 7.45. The van der Waals surface area contributed by atoms with Crippen LogP contribution in [0, 0.1) is 0 Å². The Kier molecular flexibility index (Phi) is 4.65. The summed E-state index contributed by atoms with van der Waals surface area (Å²) in [5, 5.41) is 12.3. The zero-order valence-corrected chi connectivity index (χ0v) is 11.5. The van der Waals surface area contributed by atoms with Crippen molar-refractivity contribution in [2.24, 2.45) is 0 Å². The van der Waals surface area contributed by atoms with E-state index in [2.05, 4.69) is 29.4 Å². The Morgan fingerprint density at radius 3 is 2.79 bits per heavy atom. The van der Waals surface area contributed by atoms with Crippen LogP contribution in [-0.2, 0) is 19.5 Å². The summed E-state index contributed by atoms with van der Waals surface area (Å²) in [6.07, 6.45) is 2.66. The number of carboxylic acid groups (broad SMARTS) is 1. The molecular weight excluding hydrogens is 260 g/mol. The van der Waals surface area contributed by atoms with Crippen molar-refractivity contribution >= 4 is 17.3 Å². The van der Waals surface area contributed by atoms with E-state index in [-0.39, 0.29) is 5.56 Å². The molecule has 100 valence electrons. The molecule has 0 unspecified atom stereocenters. The van der Waals surface area contributed by atoms with Gasteiger partial charge in [-0.25, -0.2) is 4.79 Å². The summed E-state index contributed by atoms with van der Waals surface area (Å²) in [5.41, 5.74) is 0.831. The third-order valence-corrected chi connectivity index (χ3v) is 4.01. The van der Waals surface area contributed by atoms with Crippen molar-refractivity contribution in [2.75, 3.05) is 0 Å². The lowest BCUT2D eigenvalue weighted by molar-refractivity contribution is 0.0695. The summed E-state index contributed by atoms with van der Waals surface area (Å²) < 4.78 is 0. The lowest BCUT2D eigenvalue weighted by Gasteiger charge is -2.05. The van der Waals surface area contributed by atoms with Crippen LogP contribution in [0.1, 0.15) is 32.7 Å². The van der Waals surface area contributed by atoms with Crippen LogP contribution in [0.3, 0.4) is 0 Å². The van der Waals surface area contributed by atoms with E-state index in [1.165, 1.54) is 9.75 Å². The van der Waals surface area contributed by atoms with E-state index >= 15 is 0 Å². The number of carboxylic acids is 1. The molecule has 0 amide bonds. The maximum absolute atomic E-state index is 11.0. The van der Waals surface area contributed by atoms with Crippen molar-refractivity contribution in [3.63, 3.8) is 0 Å². The first-order chi connectivity index (χ1) is 9.20. The highest BCUT2D eigenvalue weighted by Gasteiger charge is 2.09. The minimum absolute atomic E-state index is 0.260. The van der Waals surface area contributed by atoms with E-state index < -0.39 is 5.97 Å². The highest BCUT2D eigenvalue weighted by atomic mass is 32.1. The molecule has 2 N–H and O–H groups in total. The molecule has 0 aliphatic rings. The zero-order chi connectivity index (χ0) is 13.7. The maximum atomic E-state index is 11.0. The number of rotatable bonds is 6. The molecule has 2 aromatic heterocycles. The number of aromatic nitrogens is 1. The van der Waals surface area contributed by atoms with E-state index in [1.807, 2.05) is 0 Å². The van der Waals surface area contributed by atoms with Crippen molar-refractivity contribution < 1.29 is 9.90 Å². The molecule has 2 heterocycles. The molecular formula is C14H16N2O2S. The van der Waals surface area contributed by atoms with Gasteiger partial charge in [-0.1, -0.05) is 6.92 Å². The number of hydrogen-bond donors (Lipinski definition) is 2. The van der Waals surface area contributed by atoms with Crippen LogP contribution in [0.2, 0.25) is 0 Å². The van der Waals surface area contributed by atoms with Crippen LogP contribution in [-0.4, -0.2) is 16.1 Å². The van der Waals surface area contributed by atoms with E-state index in [4.69, 9.17) is 5.11 Å². The number of nitrogens with one attached hydrogen (secondary N) is 1. The SMILES string of the molecule is CCc1ccc(CNCc2ncccc2C(=O)O)s1. The van der Waals surface area contributed by atoms with Crippen LogP contribution in [0.4, 0.5) is 0 Å². The van der Waals surface area contributed by atoms with Crippen molar-refractivity contribution in [3.05, 3.63) is 51.5 Å². The van der Waals surface area contributed by atoms with E-state index in [1.54, 1.807) is 29.7 Å². The zero-order valence-electron chi connectivity index (χ0n) is 10.7. The number of nitrogens with zero attached hydrogens (tertiary/aromatic N) is 1. The number of carbonyl (C=O) groups is 1. The molecule has 0 aliphatic heterocycles. The Labute approximate surface area is 116 Å². The smallest absolute Gasteiger partial charge is 0.337 e. The number of pyridine rings is 1. The molecule has 19 heavy (non-hydrogen) atoms. The summed E-state index contributed by atoms with van der Waals surface area (Å²) in [7, 11) is 0. The molecule has 0 bridgehead atoms. The van der Waals surface area contributed by atoms with Crippen LogP contribution in [0.25, 0.3) is 0 Å². The first-order valence-corrected chi connectivity index (χ1v) is 6.98. The van der Waals surface area contributed by atoms with Gasteiger partial charge in [0.2, 0.25) is 0 Å². The van der Waals surface area contributed by atoms with Crippen molar-refractivity contribution in [2.45, 2.75) is 26.4 Å². The van der Waals surface area contributed by atoms with Gasteiger partial charge in [0.15, 0.2) is 0 Å². The lowest BCUT2D eigenvalue weighted by Crippen LogP contribution is -2.16. The second-order valence-electron chi connectivity index (χ2n) is 4.13. The molecule has 2 aromatic rings. The molecule has 2 rings (SSSR count).